The van der Waals surface area contributed by atoms with Gasteiger partial charge < -0.3 is 10.1 Å². The molecule has 0 saturated carbocycles. The molecule has 1 fully saturated rings. The molecular weight excluding hydrogens is 208 g/mol. The van der Waals surface area contributed by atoms with Crippen LogP contribution in [0.5, 0.6) is 0 Å². The number of hydrogen-bond donors (Lipinski definition) is 1. The van der Waals surface area contributed by atoms with Gasteiger partial charge in [-0.1, -0.05) is 6.58 Å². The highest BCUT2D eigenvalue weighted by Gasteiger charge is 2.16. The predicted molar refractivity (Wildman–Crippen MR) is 59.8 cm³/mol. The van der Waals surface area contributed by atoms with Crippen LogP contribution in [0.2, 0.25) is 0 Å². The largest absolute Gasteiger partial charge is 0.463 e. The smallest absolute Gasteiger partial charge is 0.334 e. The number of amides is 1. The highest BCUT2D eigenvalue weighted by atomic mass is 16.5. The number of ether oxygens (including phenoxy) is 1. The van der Waals surface area contributed by atoms with Crippen LogP contribution < -0.4 is 5.32 Å². The molecule has 5 nitrogen and oxygen atoms in total. The molecule has 1 heterocycles. The van der Waals surface area contributed by atoms with Crippen molar-refractivity contribution < 1.29 is 14.3 Å². The number of carbonyl (C=O) groups excluding carboxylic acids is 2. The van der Waals surface area contributed by atoms with E-state index in [1.165, 1.54) is 0 Å². The molecule has 0 aliphatic carbocycles. The van der Waals surface area contributed by atoms with Crippen molar-refractivity contribution in [3.05, 3.63) is 12.2 Å². The van der Waals surface area contributed by atoms with Crippen LogP contribution in [-0.2, 0) is 14.3 Å². The summed E-state index contributed by atoms with van der Waals surface area (Å²) in [7, 11) is 0. The first kappa shape index (κ1) is 12.7. The van der Waals surface area contributed by atoms with Gasteiger partial charge in [-0.2, -0.15) is 0 Å². The van der Waals surface area contributed by atoms with Gasteiger partial charge in [0, 0.05) is 38.2 Å². The summed E-state index contributed by atoms with van der Waals surface area (Å²) < 4.78 is 4.85. The normalized spacial score (nSPS) is 17.4. The van der Waals surface area contributed by atoms with Gasteiger partial charge in [-0.25, -0.2) is 4.79 Å². The second-order valence-corrected chi connectivity index (χ2v) is 3.70. The average Bonchev–Trinajstić information content (AvgIpc) is 2.44. The molecular formula is C11H18N2O3. The Morgan fingerprint density at radius 1 is 1.56 bits per heavy atom. The van der Waals surface area contributed by atoms with Crippen LogP contribution >= 0.6 is 0 Å². The maximum atomic E-state index is 11.3. The van der Waals surface area contributed by atoms with Crippen LogP contribution in [0.1, 0.15) is 13.3 Å². The van der Waals surface area contributed by atoms with Gasteiger partial charge in [0.05, 0.1) is 6.61 Å². The monoisotopic (exact) mass is 226 g/mol. The van der Waals surface area contributed by atoms with Gasteiger partial charge in [0.15, 0.2) is 0 Å². The second kappa shape index (κ2) is 6.27. The fourth-order valence-corrected chi connectivity index (χ4v) is 1.54. The van der Waals surface area contributed by atoms with Crippen LogP contribution in [0.25, 0.3) is 0 Å². The van der Waals surface area contributed by atoms with E-state index in [1.807, 2.05) is 4.90 Å². The van der Waals surface area contributed by atoms with Crippen molar-refractivity contribution in [3.63, 3.8) is 0 Å². The highest BCUT2D eigenvalue weighted by molar-refractivity contribution is 5.88. The Labute approximate surface area is 95.4 Å². The van der Waals surface area contributed by atoms with Crippen LogP contribution in [0.3, 0.4) is 0 Å². The highest BCUT2D eigenvalue weighted by Crippen LogP contribution is 2.02. The maximum Gasteiger partial charge on any atom is 0.334 e. The lowest BCUT2D eigenvalue weighted by molar-refractivity contribution is -0.138. The van der Waals surface area contributed by atoms with E-state index in [0.717, 1.165) is 6.54 Å². The predicted octanol–water partition coefficient (Wildman–Crippen LogP) is -0.0724. The Hall–Kier alpha value is -1.36. The zero-order chi connectivity index (χ0) is 12.0. The molecule has 0 bridgehead atoms. The molecule has 0 aromatic carbocycles. The topological polar surface area (TPSA) is 58.6 Å². The minimum atomic E-state index is -0.356. The van der Waals surface area contributed by atoms with Crippen molar-refractivity contribution in [2.24, 2.45) is 0 Å². The third kappa shape index (κ3) is 4.02. The van der Waals surface area contributed by atoms with E-state index in [2.05, 4.69) is 11.9 Å². The quantitative estimate of drug-likeness (QED) is 0.538. The fourth-order valence-electron chi connectivity index (χ4n) is 1.54. The van der Waals surface area contributed by atoms with Crippen molar-refractivity contribution in [3.8, 4) is 0 Å². The van der Waals surface area contributed by atoms with E-state index >= 15 is 0 Å². The first-order chi connectivity index (χ1) is 7.63. The van der Waals surface area contributed by atoms with E-state index in [9.17, 15) is 9.59 Å². The summed E-state index contributed by atoms with van der Waals surface area (Å²) in [4.78, 5) is 24.5. The number of esters is 1. The zero-order valence-electron chi connectivity index (χ0n) is 9.62. The summed E-state index contributed by atoms with van der Waals surface area (Å²) in [6.07, 6.45) is 0.468. The molecule has 0 aromatic heterocycles. The molecule has 16 heavy (non-hydrogen) atoms. The van der Waals surface area contributed by atoms with E-state index < -0.39 is 0 Å². The van der Waals surface area contributed by atoms with Crippen molar-refractivity contribution in [2.45, 2.75) is 13.3 Å². The van der Waals surface area contributed by atoms with Crippen LogP contribution in [0.15, 0.2) is 12.2 Å². The molecule has 1 aliphatic heterocycles. The molecule has 5 heteroatoms. The molecule has 0 radical (unpaired) electrons. The minimum Gasteiger partial charge on any atom is -0.463 e. The molecule has 1 saturated heterocycles. The number of rotatable bonds is 4. The number of nitrogens with one attached hydrogen (secondary N) is 1. The van der Waals surface area contributed by atoms with Gasteiger partial charge in [-0.15, -0.1) is 0 Å². The molecule has 0 spiro atoms. The Morgan fingerprint density at radius 3 is 3.00 bits per heavy atom. The van der Waals surface area contributed by atoms with Gasteiger partial charge in [0.25, 0.3) is 0 Å². The Bertz CT molecular complexity index is 289. The van der Waals surface area contributed by atoms with Gasteiger partial charge in [-0.3, -0.25) is 9.69 Å². The minimum absolute atomic E-state index is 0.0595. The van der Waals surface area contributed by atoms with Crippen molar-refractivity contribution in [1.29, 1.82) is 0 Å². The lowest BCUT2D eigenvalue weighted by atomic mass is 10.2. The molecule has 0 atom stereocenters. The van der Waals surface area contributed by atoms with Crippen molar-refractivity contribution in [2.75, 3.05) is 32.8 Å². The van der Waals surface area contributed by atoms with Crippen LogP contribution in [0, 0.1) is 0 Å². The van der Waals surface area contributed by atoms with Crippen LogP contribution in [-0.4, -0.2) is 49.6 Å². The third-order valence-corrected chi connectivity index (χ3v) is 2.38. The first-order valence-electron chi connectivity index (χ1n) is 5.47. The van der Waals surface area contributed by atoms with E-state index in [-0.39, 0.29) is 11.9 Å². The number of nitrogens with zero attached hydrogens (tertiary/aromatic N) is 1. The molecule has 90 valence electrons. The maximum absolute atomic E-state index is 11.3. The molecule has 0 aromatic rings. The lowest BCUT2D eigenvalue weighted by Gasteiger charge is -2.19. The molecule has 1 rings (SSSR count). The average molecular weight is 226 g/mol. The fraction of sp³-hybridized carbons (Fsp3) is 0.636. The summed E-state index contributed by atoms with van der Waals surface area (Å²) in [5.74, 6) is -0.296. The lowest BCUT2D eigenvalue weighted by Crippen LogP contribution is -2.31. The summed E-state index contributed by atoms with van der Waals surface area (Å²) in [5, 5.41) is 2.78. The molecule has 1 aliphatic rings. The Kier molecular flexibility index (Phi) is 4.98. The standard InChI is InChI=1S/C11H18N2O3/c1-3-16-11(15)9(2)8-13-6-4-10(14)12-5-7-13/h2-8H2,1H3,(H,12,14). The van der Waals surface area contributed by atoms with E-state index in [0.29, 0.717) is 38.2 Å². The van der Waals surface area contributed by atoms with E-state index in [1.54, 1.807) is 6.92 Å². The zero-order valence-corrected chi connectivity index (χ0v) is 9.62. The van der Waals surface area contributed by atoms with Gasteiger partial charge >= 0.3 is 5.97 Å². The van der Waals surface area contributed by atoms with Gasteiger partial charge in [0.2, 0.25) is 5.91 Å². The first-order valence-corrected chi connectivity index (χ1v) is 5.47. The molecule has 1 N–H and O–H groups in total. The SMILES string of the molecule is C=C(CN1CCNC(=O)CC1)C(=O)OCC. The van der Waals surface area contributed by atoms with Crippen molar-refractivity contribution in [1.82, 2.24) is 10.2 Å². The summed E-state index contributed by atoms with van der Waals surface area (Å²) in [6, 6.07) is 0. The second-order valence-electron chi connectivity index (χ2n) is 3.70. The summed E-state index contributed by atoms with van der Waals surface area (Å²) in [5.41, 5.74) is 0.441. The number of hydrogen-bond acceptors (Lipinski definition) is 4. The van der Waals surface area contributed by atoms with Gasteiger partial charge in [-0.05, 0) is 6.92 Å². The molecule has 0 unspecified atom stereocenters. The summed E-state index contributed by atoms with van der Waals surface area (Å²) in [6.45, 7) is 8.30. The van der Waals surface area contributed by atoms with E-state index in [4.69, 9.17) is 4.74 Å². The Balaban J connectivity index is 2.38. The van der Waals surface area contributed by atoms with Crippen LogP contribution in [0.4, 0.5) is 0 Å². The summed E-state index contributed by atoms with van der Waals surface area (Å²) >= 11 is 0. The Morgan fingerprint density at radius 2 is 2.31 bits per heavy atom. The van der Waals surface area contributed by atoms with Crippen molar-refractivity contribution >= 4 is 11.9 Å². The molecule has 1 amide bonds. The number of carbonyl (C=O) groups is 2. The van der Waals surface area contributed by atoms with Gasteiger partial charge in [0.1, 0.15) is 0 Å². The third-order valence-electron chi connectivity index (χ3n) is 2.38.